The van der Waals surface area contributed by atoms with Crippen LogP contribution >= 0.6 is 0 Å². The zero-order valence-corrected chi connectivity index (χ0v) is 12.5. The number of nitrogens with one attached hydrogen (secondary N) is 1. The van der Waals surface area contributed by atoms with Crippen LogP contribution in [0, 0.1) is 0 Å². The molecule has 0 aliphatic heterocycles. The summed E-state index contributed by atoms with van der Waals surface area (Å²) < 4.78 is 36.1. The number of rotatable bonds is 6. The van der Waals surface area contributed by atoms with E-state index in [-0.39, 0.29) is 6.42 Å². The number of aliphatic imine (C=N–C) groups is 1. The number of alkyl halides is 3. The van der Waals surface area contributed by atoms with Gasteiger partial charge in [0.2, 0.25) is 0 Å². The van der Waals surface area contributed by atoms with Crippen LogP contribution in [0.3, 0.4) is 0 Å². The van der Waals surface area contributed by atoms with E-state index in [4.69, 9.17) is 0 Å². The van der Waals surface area contributed by atoms with Crippen LogP contribution in [0.2, 0.25) is 0 Å². The molecule has 0 aliphatic rings. The monoisotopic (exact) mass is 301 g/mol. The molecule has 0 atom stereocenters. The lowest BCUT2D eigenvalue weighted by molar-refractivity contribution is -0.135. The molecule has 6 heteroatoms. The van der Waals surface area contributed by atoms with E-state index in [1.165, 1.54) is 0 Å². The quantitative estimate of drug-likeness (QED) is 0.495. The summed E-state index contributed by atoms with van der Waals surface area (Å²) in [6, 6.07) is 9.81. The van der Waals surface area contributed by atoms with Gasteiger partial charge in [-0.15, -0.1) is 0 Å². The Morgan fingerprint density at radius 2 is 1.81 bits per heavy atom. The van der Waals surface area contributed by atoms with Crippen LogP contribution in [-0.4, -0.2) is 37.7 Å². The van der Waals surface area contributed by atoms with Gasteiger partial charge in [0.25, 0.3) is 0 Å². The van der Waals surface area contributed by atoms with Crippen LogP contribution in [0.4, 0.5) is 13.2 Å². The third-order valence-electron chi connectivity index (χ3n) is 2.85. The Morgan fingerprint density at radius 3 is 2.38 bits per heavy atom. The largest absolute Gasteiger partial charge is 0.389 e. The molecule has 1 N–H and O–H groups in total. The van der Waals surface area contributed by atoms with Gasteiger partial charge in [-0.3, -0.25) is 0 Å². The minimum Gasteiger partial charge on any atom is -0.356 e. The van der Waals surface area contributed by atoms with Gasteiger partial charge in [-0.05, 0) is 18.4 Å². The van der Waals surface area contributed by atoms with Crippen molar-refractivity contribution in [3.05, 3.63) is 35.9 Å². The summed E-state index contributed by atoms with van der Waals surface area (Å²) in [5, 5.41) is 3.08. The lowest BCUT2D eigenvalue weighted by atomic mass is 10.2. The number of guanidine groups is 1. The Kier molecular flexibility index (Phi) is 7.05. The standard InChI is InChI=1S/C15H22F3N3/c1-21(2)14(19-11-7-6-10-15(16,17)18)20-12-13-8-4-3-5-9-13/h3-5,8-9H,6-7,10-12H2,1-2H3,(H,19,20). The fourth-order valence-electron chi connectivity index (χ4n) is 1.76. The van der Waals surface area contributed by atoms with E-state index < -0.39 is 12.6 Å². The van der Waals surface area contributed by atoms with Gasteiger partial charge in [-0.2, -0.15) is 13.2 Å². The van der Waals surface area contributed by atoms with Crippen molar-refractivity contribution >= 4 is 5.96 Å². The molecule has 0 heterocycles. The summed E-state index contributed by atoms with van der Waals surface area (Å²) in [4.78, 5) is 6.28. The molecule has 0 amide bonds. The van der Waals surface area contributed by atoms with Crippen molar-refractivity contribution in [3.63, 3.8) is 0 Å². The fourth-order valence-corrected chi connectivity index (χ4v) is 1.76. The molecule has 0 saturated heterocycles. The van der Waals surface area contributed by atoms with Crippen molar-refractivity contribution in [2.75, 3.05) is 20.6 Å². The first kappa shape index (κ1) is 17.3. The lowest BCUT2D eigenvalue weighted by Gasteiger charge is -2.17. The topological polar surface area (TPSA) is 27.6 Å². The predicted octanol–water partition coefficient (Wildman–Crippen LogP) is 3.43. The molecule has 118 valence electrons. The van der Waals surface area contributed by atoms with Crippen molar-refractivity contribution in [1.29, 1.82) is 0 Å². The fraction of sp³-hybridized carbons (Fsp3) is 0.533. The SMILES string of the molecule is CN(C)C(=NCc1ccccc1)NCCCCC(F)(F)F. The highest BCUT2D eigenvalue weighted by Gasteiger charge is 2.25. The zero-order chi connectivity index (χ0) is 15.7. The Balaban J connectivity index is 2.36. The molecule has 3 nitrogen and oxygen atoms in total. The molecule has 1 rings (SSSR count). The van der Waals surface area contributed by atoms with Gasteiger partial charge < -0.3 is 10.2 Å². The van der Waals surface area contributed by atoms with Crippen LogP contribution in [0.1, 0.15) is 24.8 Å². The van der Waals surface area contributed by atoms with Crippen LogP contribution < -0.4 is 5.32 Å². The van der Waals surface area contributed by atoms with Gasteiger partial charge in [0.05, 0.1) is 6.54 Å². The molecule has 0 fully saturated rings. The molecule has 0 aliphatic carbocycles. The smallest absolute Gasteiger partial charge is 0.356 e. The van der Waals surface area contributed by atoms with E-state index in [1.807, 2.05) is 49.3 Å². The summed E-state index contributed by atoms with van der Waals surface area (Å²) >= 11 is 0. The molecule has 0 radical (unpaired) electrons. The van der Waals surface area contributed by atoms with Gasteiger partial charge in [0.15, 0.2) is 5.96 Å². The second kappa shape index (κ2) is 8.54. The summed E-state index contributed by atoms with van der Waals surface area (Å²) in [6.07, 6.45) is -4.19. The third kappa shape index (κ3) is 8.22. The van der Waals surface area contributed by atoms with Gasteiger partial charge in [0.1, 0.15) is 0 Å². The maximum absolute atomic E-state index is 12.0. The van der Waals surface area contributed by atoms with E-state index in [9.17, 15) is 13.2 Å². The van der Waals surface area contributed by atoms with Crippen molar-refractivity contribution in [3.8, 4) is 0 Å². The van der Waals surface area contributed by atoms with Crippen molar-refractivity contribution in [2.45, 2.75) is 32.0 Å². The number of unbranched alkanes of at least 4 members (excludes halogenated alkanes) is 1. The summed E-state index contributed by atoms with van der Waals surface area (Å²) in [7, 11) is 3.71. The Bertz CT molecular complexity index is 428. The second-order valence-electron chi connectivity index (χ2n) is 5.02. The molecule has 0 saturated carbocycles. The normalized spacial score (nSPS) is 12.3. The number of halogens is 3. The lowest BCUT2D eigenvalue weighted by Crippen LogP contribution is -2.37. The van der Waals surface area contributed by atoms with Gasteiger partial charge in [0, 0.05) is 27.1 Å². The Labute approximate surface area is 123 Å². The number of hydrogen-bond donors (Lipinski definition) is 1. The number of hydrogen-bond acceptors (Lipinski definition) is 1. The molecular weight excluding hydrogens is 279 g/mol. The first-order valence-electron chi connectivity index (χ1n) is 6.95. The highest BCUT2D eigenvalue weighted by atomic mass is 19.4. The maximum atomic E-state index is 12.0. The second-order valence-corrected chi connectivity index (χ2v) is 5.02. The van der Waals surface area contributed by atoms with Crippen molar-refractivity contribution in [1.82, 2.24) is 10.2 Å². The van der Waals surface area contributed by atoms with E-state index in [2.05, 4.69) is 10.3 Å². The molecule has 1 aromatic rings. The molecule has 0 unspecified atom stereocenters. The van der Waals surface area contributed by atoms with Crippen LogP contribution in [-0.2, 0) is 6.54 Å². The third-order valence-corrected chi connectivity index (χ3v) is 2.85. The zero-order valence-electron chi connectivity index (χ0n) is 12.5. The minimum atomic E-state index is -4.06. The van der Waals surface area contributed by atoms with Crippen molar-refractivity contribution < 1.29 is 13.2 Å². The van der Waals surface area contributed by atoms with Crippen LogP contribution in [0.15, 0.2) is 35.3 Å². The number of benzene rings is 1. The summed E-state index contributed by atoms with van der Waals surface area (Å²) in [6.45, 7) is 1.03. The average molecular weight is 301 g/mol. The van der Waals surface area contributed by atoms with Gasteiger partial charge in [-0.25, -0.2) is 4.99 Å². The molecule has 0 spiro atoms. The van der Waals surface area contributed by atoms with Crippen molar-refractivity contribution in [2.24, 2.45) is 4.99 Å². The van der Waals surface area contributed by atoms with E-state index in [1.54, 1.807) is 0 Å². The van der Waals surface area contributed by atoms with Gasteiger partial charge >= 0.3 is 6.18 Å². The maximum Gasteiger partial charge on any atom is 0.389 e. The molecule has 1 aromatic carbocycles. The number of nitrogens with zero attached hydrogens (tertiary/aromatic N) is 2. The molecule has 21 heavy (non-hydrogen) atoms. The van der Waals surface area contributed by atoms with Crippen LogP contribution in [0.25, 0.3) is 0 Å². The predicted molar refractivity (Wildman–Crippen MR) is 79.2 cm³/mol. The van der Waals surface area contributed by atoms with E-state index in [0.717, 1.165) is 5.56 Å². The highest BCUT2D eigenvalue weighted by molar-refractivity contribution is 5.79. The molecular formula is C15H22F3N3. The highest BCUT2D eigenvalue weighted by Crippen LogP contribution is 2.21. The Hall–Kier alpha value is -1.72. The molecule has 0 aromatic heterocycles. The summed E-state index contributed by atoms with van der Waals surface area (Å²) in [5.74, 6) is 0.686. The first-order valence-corrected chi connectivity index (χ1v) is 6.95. The Morgan fingerprint density at radius 1 is 1.14 bits per heavy atom. The van der Waals surface area contributed by atoms with E-state index in [0.29, 0.717) is 25.5 Å². The minimum absolute atomic E-state index is 0.135. The first-order chi connectivity index (χ1) is 9.88. The van der Waals surface area contributed by atoms with Crippen LogP contribution in [0.5, 0.6) is 0 Å². The van der Waals surface area contributed by atoms with E-state index >= 15 is 0 Å². The van der Waals surface area contributed by atoms with Gasteiger partial charge in [-0.1, -0.05) is 30.3 Å². The summed E-state index contributed by atoms with van der Waals surface area (Å²) in [5.41, 5.74) is 1.09. The molecule has 0 bridgehead atoms. The average Bonchev–Trinajstić information content (AvgIpc) is 2.41.